The monoisotopic (exact) mass is 730 g/mol. The summed E-state index contributed by atoms with van der Waals surface area (Å²) in [6.45, 7) is 4.84. The molecule has 49 heavy (non-hydrogen) atoms. The molecule has 0 unspecified atom stereocenters. The van der Waals surface area contributed by atoms with Gasteiger partial charge < -0.3 is 10.6 Å². The number of carbonyl (C=O) groups is 2. The van der Waals surface area contributed by atoms with Gasteiger partial charge in [-0.25, -0.2) is 0 Å². The molecule has 1 aliphatic carbocycles. The van der Waals surface area contributed by atoms with Crippen LogP contribution in [-0.2, 0) is 9.59 Å². The molecule has 4 aromatic rings. The van der Waals surface area contributed by atoms with Crippen LogP contribution in [0.15, 0.2) is 120 Å². The van der Waals surface area contributed by atoms with Gasteiger partial charge in [-0.15, -0.1) is 0 Å². The van der Waals surface area contributed by atoms with Gasteiger partial charge in [-0.1, -0.05) is 115 Å². The Hall–Kier alpha value is -3.80. The lowest BCUT2D eigenvalue weighted by Gasteiger charge is -2.27. The van der Waals surface area contributed by atoms with E-state index in [1.807, 2.05) is 111 Å². The second kappa shape index (κ2) is 17.2. The van der Waals surface area contributed by atoms with Crippen LogP contribution >= 0.6 is 46.4 Å². The average molecular weight is 733 g/mol. The number of benzene rings is 4. The maximum atomic E-state index is 14.4. The first kappa shape index (κ1) is 36.5. The third kappa shape index (κ3) is 8.87. The molecule has 252 valence electrons. The van der Waals surface area contributed by atoms with Crippen LogP contribution in [0.25, 0.3) is 11.1 Å². The van der Waals surface area contributed by atoms with Crippen LogP contribution in [0.5, 0.6) is 0 Å². The molecule has 0 heterocycles. The minimum atomic E-state index is -1.17. The molecule has 4 aromatic carbocycles. The van der Waals surface area contributed by atoms with Gasteiger partial charge in [0, 0.05) is 33.2 Å². The third-order valence-corrected chi connectivity index (χ3v) is 9.38. The van der Waals surface area contributed by atoms with Crippen LogP contribution in [0.4, 0.5) is 0 Å². The fourth-order valence-corrected chi connectivity index (χ4v) is 6.63. The molecule has 8 heteroatoms. The summed E-state index contributed by atoms with van der Waals surface area (Å²) < 4.78 is 0. The van der Waals surface area contributed by atoms with E-state index in [-0.39, 0.29) is 11.8 Å². The number of amides is 2. The van der Waals surface area contributed by atoms with Crippen molar-refractivity contribution in [2.75, 3.05) is 13.1 Å². The average Bonchev–Trinajstić information content (AvgIpc) is 3.58. The Bertz CT molecular complexity index is 1760. The van der Waals surface area contributed by atoms with Crippen molar-refractivity contribution in [3.63, 3.8) is 0 Å². The first-order valence-electron chi connectivity index (χ1n) is 16.5. The van der Waals surface area contributed by atoms with Crippen molar-refractivity contribution in [1.29, 1.82) is 0 Å². The van der Waals surface area contributed by atoms with Crippen molar-refractivity contribution in [2.45, 2.75) is 39.5 Å². The van der Waals surface area contributed by atoms with Crippen molar-refractivity contribution >= 4 is 69.4 Å². The predicted molar refractivity (Wildman–Crippen MR) is 205 cm³/mol. The van der Waals surface area contributed by atoms with Crippen LogP contribution in [0.2, 0.25) is 20.1 Å². The number of halogens is 4. The molecule has 0 fully saturated rings. The van der Waals surface area contributed by atoms with E-state index in [9.17, 15) is 9.59 Å². The summed E-state index contributed by atoms with van der Waals surface area (Å²) in [5.74, 6) is -1.90. The minimum Gasteiger partial charge on any atom is -0.355 e. The lowest BCUT2D eigenvalue weighted by molar-refractivity contribution is -0.133. The number of hydrogen-bond donors (Lipinski definition) is 2. The Kier molecular flexibility index (Phi) is 12.8. The summed E-state index contributed by atoms with van der Waals surface area (Å²) in [6, 6.07) is 30.5. The van der Waals surface area contributed by atoms with Crippen LogP contribution < -0.4 is 10.6 Å². The zero-order valence-corrected chi connectivity index (χ0v) is 30.5. The summed E-state index contributed by atoms with van der Waals surface area (Å²) in [7, 11) is 0. The summed E-state index contributed by atoms with van der Waals surface area (Å²) in [6.07, 6.45) is 5.00. The second-order valence-corrected chi connectivity index (χ2v) is 13.6. The van der Waals surface area contributed by atoms with E-state index in [1.54, 1.807) is 0 Å². The first-order chi connectivity index (χ1) is 23.7. The van der Waals surface area contributed by atoms with Crippen LogP contribution in [0.3, 0.4) is 0 Å². The van der Waals surface area contributed by atoms with E-state index in [2.05, 4.69) is 16.7 Å². The molecular weight excluding hydrogens is 694 g/mol. The van der Waals surface area contributed by atoms with Crippen molar-refractivity contribution in [1.82, 2.24) is 10.6 Å². The first-order valence-corrected chi connectivity index (χ1v) is 18.0. The fourth-order valence-electron chi connectivity index (χ4n) is 6.13. The molecule has 2 N–H and O–H groups in total. The van der Waals surface area contributed by atoms with Gasteiger partial charge in [0.15, 0.2) is 0 Å². The van der Waals surface area contributed by atoms with E-state index in [0.717, 1.165) is 57.4 Å². The Balaban J connectivity index is 1.91. The standard InChI is InChI=1S/C41H38Cl4N2O2/c1-3-24-46-40(48)39(41(49)47-25-4-2)38(37(28-12-20-32(44)21-13-28)29-14-22-33(45)23-15-29)35-7-5-6-34(35)36(26-8-16-30(42)17-9-26)27-10-18-31(43)19-11-27/h7-23,39H,3-6,24-25H2,1-2H3,(H,46,48)(H,47,49). The van der Waals surface area contributed by atoms with Gasteiger partial charge in [0.25, 0.3) is 0 Å². The van der Waals surface area contributed by atoms with Crippen LogP contribution in [0.1, 0.15) is 61.8 Å². The molecule has 0 aliphatic heterocycles. The molecule has 0 bridgehead atoms. The van der Waals surface area contributed by atoms with E-state index in [0.29, 0.717) is 51.6 Å². The molecule has 0 spiro atoms. The third-order valence-electron chi connectivity index (χ3n) is 8.37. The zero-order valence-electron chi connectivity index (χ0n) is 27.5. The molecule has 0 saturated carbocycles. The molecule has 0 radical (unpaired) electrons. The van der Waals surface area contributed by atoms with Crippen LogP contribution in [0, 0.1) is 5.92 Å². The van der Waals surface area contributed by atoms with Gasteiger partial charge in [0.05, 0.1) is 0 Å². The highest BCUT2D eigenvalue weighted by atomic mass is 35.5. The Morgan fingerprint density at radius 3 is 1.33 bits per heavy atom. The second-order valence-electron chi connectivity index (χ2n) is 11.8. The van der Waals surface area contributed by atoms with Gasteiger partial charge in [-0.2, -0.15) is 0 Å². The Morgan fingerprint density at radius 2 is 0.959 bits per heavy atom. The molecule has 2 amide bonds. The van der Waals surface area contributed by atoms with Crippen molar-refractivity contribution in [3.8, 4) is 0 Å². The van der Waals surface area contributed by atoms with Gasteiger partial charge in [-0.05, 0) is 124 Å². The molecule has 5 rings (SSSR count). The van der Waals surface area contributed by atoms with E-state index in [4.69, 9.17) is 46.4 Å². The fraction of sp³-hybridized carbons (Fsp3) is 0.220. The van der Waals surface area contributed by atoms with E-state index >= 15 is 0 Å². The normalized spacial score (nSPS) is 12.5. The summed E-state index contributed by atoms with van der Waals surface area (Å²) in [5, 5.41) is 8.48. The van der Waals surface area contributed by atoms with Gasteiger partial charge in [0.2, 0.25) is 11.8 Å². The number of rotatable bonds is 12. The van der Waals surface area contributed by atoms with Crippen molar-refractivity contribution < 1.29 is 9.59 Å². The lowest BCUT2D eigenvalue weighted by Crippen LogP contribution is -2.43. The maximum Gasteiger partial charge on any atom is 0.237 e. The van der Waals surface area contributed by atoms with Crippen LogP contribution in [-0.4, -0.2) is 24.9 Å². The van der Waals surface area contributed by atoms with E-state index in [1.165, 1.54) is 0 Å². The summed E-state index contributed by atoms with van der Waals surface area (Å²) in [4.78, 5) is 28.7. The minimum absolute atomic E-state index is 0.363. The zero-order chi connectivity index (χ0) is 34.9. The smallest absolute Gasteiger partial charge is 0.237 e. The SMILES string of the molecule is CCCNC(=O)C(C(=O)NCCC)C(C1=CCCC1=C(c1ccc(Cl)cc1)c1ccc(Cl)cc1)=C(c1ccc(Cl)cc1)c1ccc(Cl)cc1. The highest BCUT2D eigenvalue weighted by molar-refractivity contribution is 6.31. The number of nitrogens with one attached hydrogen (secondary N) is 2. The van der Waals surface area contributed by atoms with Gasteiger partial charge >= 0.3 is 0 Å². The maximum absolute atomic E-state index is 14.4. The van der Waals surface area contributed by atoms with Crippen molar-refractivity contribution in [3.05, 3.63) is 162 Å². The molecule has 0 aromatic heterocycles. The number of hydrogen-bond acceptors (Lipinski definition) is 2. The van der Waals surface area contributed by atoms with Gasteiger partial charge in [0.1, 0.15) is 5.92 Å². The summed E-state index contributed by atoms with van der Waals surface area (Å²) >= 11 is 25.5. The number of allylic oxidation sites excluding steroid dienone is 3. The lowest BCUT2D eigenvalue weighted by atomic mass is 9.78. The van der Waals surface area contributed by atoms with E-state index < -0.39 is 5.92 Å². The predicted octanol–water partition coefficient (Wildman–Crippen LogP) is 11.0. The molecule has 0 saturated heterocycles. The molecule has 0 atom stereocenters. The number of carbonyl (C=O) groups excluding carboxylic acids is 2. The largest absolute Gasteiger partial charge is 0.355 e. The molecule has 1 aliphatic rings. The Labute approximate surface area is 308 Å². The highest BCUT2D eigenvalue weighted by Crippen LogP contribution is 2.46. The van der Waals surface area contributed by atoms with Gasteiger partial charge in [-0.3, -0.25) is 9.59 Å². The molecular formula is C41H38Cl4N2O2. The quantitative estimate of drug-likeness (QED) is 0.143. The Morgan fingerprint density at radius 1 is 0.592 bits per heavy atom. The molecule has 4 nitrogen and oxygen atoms in total. The van der Waals surface area contributed by atoms with Crippen molar-refractivity contribution in [2.24, 2.45) is 5.92 Å². The topological polar surface area (TPSA) is 58.2 Å². The highest BCUT2D eigenvalue weighted by Gasteiger charge is 2.37. The summed E-state index contributed by atoms with van der Waals surface area (Å²) in [5.41, 5.74) is 7.71.